The lowest BCUT2D eigenvalue weighted by Gasteiger charge is -2.24. The zero-order chi connectivity index (χ0) is 23.6. The summed E-state index contributed by atoms with van der Waals surface area (Å²) < 4.78 is 62.5. The quantitative estimate of drug-likeness (QED) is 0.385. The monoisotopic (exact) mass is 450 g/mol. The van der Waals surface area contributed by atoms with E-state index >= 15 is 0 Å². The highest BCUT2D eigenvalue weighted by Crippen LogP contribution is 2.34. The zero-order valence-corrected chi connectivity index (χ0v) is 16.4. The molecule has 0 saturated carbocycles. The van der Waals surface area contributed by atoms with Crippen molar-refractivity contribution >= 4 is 35.5 Å². The predicted octanol–water partition coefficient (Wildman–Crippen LogP) is 1.06. The number of likely N-dealkylation sites (N-methyl/N-ethyl adjacent to an activating group) is 1. The minimum absolute atomic E-state index is 0.282. The number of amides is 4. The van der Waals surface area contributed by atoms with Gasteiger partial charge < -0.3 is 20.4 Å². The second-order valence-corrected chi connectivity index (χ2v) is 6.85. The van der Waals surface area contributed by atoms with Crippen LogP contribution in [0.3, 0.4) is 0 Å². The second-order valence-electron chi connectivity index (χ2n) is 6.85. The number of carbonyl (C=O) groups excluding carboxylic acids is 4. The summed E-state index contributed by atoms with van der Waals surface area (Å²) in [6.07, 6.45) is -5.42. The summed E-state index contributed by atoms with van der Waals surface area (Å²) in [4.78, 5) is 50.8. The lowest BCUT2D eigenvalue weighted by atomic mass is 10.1. The number of hydrogen-bond donors (Lipinski definition) is 2. The first-order valence-corrected chi connectivity index (χ1v) is 8.91. The summed E-state index contributed by atoms with van der Waals surface area (Å²) in [5, 5.41) is 3.63. The molecule has 2 atom stereocenters. The average molecular weight is 450 g/mol. The summed E-state index contributed by atoms with van der Waals surface area (Å²) in [6, 6.07) is 5.13. The third-order valence-corrected chi connectivity index (χ3v) is 4.69. The Morgan fingerprint density at radius 2 is 1.74 bits per heavy atom. The Morgan fingerprint density at radius 1 is 1.16 bits per heavy atom. The van der Waals surface area contributed by atoms with Crippen LogP contribution in [-0.2, 0) is 19.2 Å². The number of para-hydroxylation sites is 2. The molecule has 8 nitrogen and oxygen atoms in total. The minimum atomic E-state index is -5.86. The van der Waals surface area contributed by atoms with Crippen LogP contribution in [0.2, 0.25) is 0 Å². The molecule has 1 aliphatic heterocycles. The molecule has 170 valence electrons. The molecular formula is C18H19F5N4O4. The summed E-state index contributed by atoms with van der Waals surface area (Å²) in [5.74, 6) is -9.95. The van der Waals surface area contributed by atoms with Gasteiger partial charge in [-0.15, -0.1) is 0 Å². The average Bonchev–Trinajstić information content (AvgIpc) is 2.81. The van der Waals surface area contributed by atoms with Gasteiger partial charge in [0.15, 0.2) is 0 Å². The van der Waals surface area contributed by atoms with E-state index in [0.29, 0.717) is 17.8 Å². The Bertz CT molecular complexity index is 862. The summed E-state index contributed by atoms with van der Waals surface area (Å²) in [5.41, 5.74) is 0.779. The van der Waals surface area contributed by atoms with Gasteiger partial charge in [-0.1, -0.05) is 12.1 Å². The molecule has 0 saturated heterocycles. The second kappa shape index (κ2) is 8.86. The standard InChI is InChI=1S/C18H19F5N4O4/c1-10(14(29)24-8-17(19,20)18(21,22)23)15(30)25-11-7-27(9-28)13-6-4-3-5-12(13)26(2)16(11)31/h3-6,9-11H,7-8H2,1-2H3,(H,24,29)(H,25,30)/t10?,11-/m0/s1. The highest BCUT2D eigenvalue weighted by atomic mass is 19.4. The first-order chi connectivity index (χ1) is 14.3. The largest absolute Gasteiger partial charge is 0.455 e. The van der Waals surface area contributed by atoms with Gasteiger partial charge in [-0.3, -0.25) is 19.2 Å². The van der Waals surface area contributed by atoms with E-state index in [1.165, 1.54) is 17.3 Å². The fourth-order valence-electron chi connectivity index (χ4n) is 2.79. The molecule has 1 unspecified atom stereocenters. The lowest BCUT2D eigenvalue weighted by Crippen LogP contribution is -2.54. The number of carbonyl (C=O) groups is 4. The molecule has 2 rings (SSSR count). The fraction of sp³-hybridized carbons (Fsp3) is 0.444. The number of nitrogens with zero attached hydrogens (tertiary/aromatic N) is 2. The van der Waals surface area contributed by atoms with Crippen LogP contribution in [0.15, 0.2) is 24.3 Å². The molecule has 0 aromatic heterocycles. The van der Waals surface area contributed by atoms with Gasteiger partial charge in [0.05, 0.1) is 24.5 Å². The molecule has 31 heavy (non-hydrogen) atoms. The normalized spacial score (nSPS) is 18.0. The van der Waals surface area contributed by atoms with Gasteiger partial charge in [0.2, 0.25) is 18.2 Å². The molecule has 1 aliphatic rings. The van der Waals surface area contributed by atoms with Gasteiger partial charge in [0.25, 0.3) is 5.91 Å². The first kappa shape index (κ1) is 24.0. The Balaban J connectivity index is 2.09. The maximum absolute atomic E-state index is 13.0. The topological polar surface area (TPSA) is 98.8 Å². The van der Waals surface area contributed by atoms with Crippen molar-refractivity contribution in [1.29, 1.82) is 0 Å². The molecular weight excluding hydrogens is 431 g/mol. The van der Waals surface area contributed by atoms with Gasteiger partial charge in [-0.2, -0.15) is 22.0 Å². The van der Waals surface area contributed by atoms with Crippen molar-refractivity contribution in [2.24, 2.45) is 5.92 Å². The maximum atomic E-state index is 13.0. The van der Waals surface area contributed by atoms with E-state index in [0.717, 1.165) is 11.8 Å². The Kier molecular flexibility index (Phi) is 6.86. The molecule has 0 fully saturated rings. The van der Waals surface area contributed by atoms with Crippen LogP contribution in [0, 0.1) is 5.92 Å². The van der Waals surface area contributed by atoms with Crippen LogP contribution >= 0.6 is 0 Å². The van der Waals surface area contributed by atoms with Crippen LogP contribution < -0.4 is 20.4 Å². The van der Waals surface area contributed by atoms with Crippen LogP contribution in [-0.4, -0.2) is 62.4 Å². The van der Waals surface area contributed by atoms with E-state index in [1.807, 2.05) is 0 Å². The zero-order valence-electron chi connectivity index (χ0n) is 16.4. The van der Waals surface area contributed by atoms with E-state index in [-0.39, 0.29) is 6.54 Å². The summed E-state index contributed by atoms with van der Waals surface area (Å²) >= 11 is 0. The Morgan fingerprint density at radius 3 is 2.29 bits per heavy atom. The number of halogens is 5. The summed E-state index contributed by atoms with van der Waals surface area (Å²) in [7, 11) is 1.41. The molecule has 0 spiro atoms. The molecule has 0 bridgehead atoms. The molecule has 0 radical (unpaired) electrons. The smallest absolute Gasteiger partial charge is 0.349 e. The molecule has 0 aliphatic carbocycles. The third kappa shape index (κ3) is 5.09. The number of nitrogens with one attached hydrogen (secondary N) is 2. The van der Waals surface area contributed by atoms with Gasteiger partial charge in [0.1, 0.15) is 12.0 Å². The van der Waals surface area contributed by atoms with E-state index in [9.17, 15) is 41.1 Å². The first-order valence-electron chi connectivity index (χ1n) is 8.91. The maximum Gasteiger partial charge on any atom is 0.455 e. The van der Waals surface area contributed by atoms with Gasteiger partial charge in [-0.05, 0) is 19.1 Å². The number of fused-ring (bicyclic) bond motifs is 1. The number of anilines is 2. The number of benzene rings is 1. The van der Waals surface area contributed by atoms with E-state index in [4.69, 9.17) is 0 Å². The lowest BCUT2D eigenvalue weighted by molar-refractivity contribution is -0.278. The fourth-order valence-corrected chi connectivity index (χ4v) is 2.79. The van der Waals surface area contributed by atoms with Crippen LogP contribution in [0.4, 0.5) is 33.3 Å². The van der Waals surface area contributed by atoms with Crippen molar-refractivity contribution < 1.29 is 41.1 Å². The predicted molar refractivity (Wildman–Crippen MR) is 98.4 cm³/mol. The van der Waals surface area contributed by atoms with Crippen LogP contribution in [0.1, 0.15) is 6.92 Å². The van der Waals surface area contributed by atoms with Crippen molar-refractivity contribution in [3.05, 3.63) is 24.3 Å². The van der Waals surface area contributed by atoms with Crippen LogP contribution in [0.5, 0.6) is 0 Å². The van der Waals surface area contributed by atoms with Crippen molar-refractivity contribution in [3.63, 3.8) is 0 Å². The number of alkyl halides is 5. The highest BCUT2D eigenvalue weighted by Gasteiger charge is 2.57. The van der Waals surface area contributed by atoms with E-state index < -0.39 is 48.3 Å². The van der Waals surface area contributed by atoms with Gasteiger partial charge >= 0.3 is 12.1 Å². The van der Waals surface area contributed by atoms with Crippen molar-refractivity contribution in [2.75, 3.05) is 29.9 Å². The number of rotatable bonds is 6. The third-order valence-electron chi connectivity index (χ3n) is 4.69. The van der Waals surface area contributed by atoms with Crippen molar-refractivity contribution in [2.45, 2.75) is 25.1 Å². The molecule has 2 N–H and O–H groups in total. The van der Waals surface area contributed by atoms with Crippen molar-refractivity contribution in [3.8, 4) is 0 Å². The molecule has 1 aromatic rings. The SMILES string of the molecule is CC(C(=O)NCC(F)(F)C(F)(F)F)C(=O)N[C@H]1CN(C=O)c2ccccc2N(C)C1=O. The van der Waals surface area contributed by atoms with Gasteiger partial charge in [0, 0.05) is 7.05 Å². The van der Waals surface area contributed by atoms with Crippen molar-refractivity contribution in [1.82, 2.24) is 10.6 Å². The van der Waals surface area contributed by atoms with E-state index in [2.05, 4.69) is 5.32 Å². The Hall–Kier alpha value is -3.25. The van der Waals surface area contributed by atoms with E-state index in [1.54, 1.807) is 24.3 Å². The molecule has 13 heteroatoms. The van der Waals surface area contributed by atoms with Gasteiger partial charge in [-0.25, -0.2) is 0 Å². The highest BCUT2D eigenvalue weighted by molar-refractivity contribution is 6.07. The summed E-state index contributed by atoms with van der Waals surface area (Å²) in [6.45, 7) is -1.34. The molecule has 4 amide bonds. The van der Waals surface area contributed by atoms with Crippen LogP contribution in [0.25, 0.3) is 0 Å². The Labute approximate surface area is 173 Å². The number of hydrogen-bond acceptors (Lipinski definition) is 4. The molecule has 1 heterocycles. The molecule has 1 aromatic carbocycles. The minimum Gasteiger partial charge on any atom is -0.349 e.